The van der Waals surface area contributed by atoms with Crippen LogP contribution in [0.2, 0.25) is 0 Å². The molecule has 4 nitrogen and oxygen atoms in total. The maximum atomic E-state index is 16.2. The molecule has 6 heterocycles. The van der Waals surface area contributed by atoms with Crippen LogP contribution < -0.4 is 9.80 Å². The Morgan fingerprint density at radius 2 is 0.754 bits per heavy atom. The SMILES string of the molecule is CC(C)(c1nc(-c2ccc(F)cc2F)c2c3c1Cc1ccccc1N3c1ccccc1C2)c1nc(-c2ccc(F)cc2F)c2c3c1Cc1ccccc1N3c1ccccc1C2. The standard InChI is InChI=1S/C53H36F4N4/c1-53(2,51-39-25-31-13-5-9-17-45(31)60-43-15-7-3-11-29(43)23-37(49(39)60)47(58-51)35-21-19-33(54)27-41(35)56)52-40-26-32-14-6-10-18-46(32)61-44-16-8-4-12-30(44)24-38(50(40)61)48(59-52)36-22-20-34(55)28-42(36)57/h3-22,27-28H,23-26H2,1-2H3. The topological polar surface area (TPSA) is 32.3 Å². The Morgan fingerprint density at radius 1 is 0.426 bits per heavy atom. The van der Waals surface area contributed by atoms with E-state index in [0.717, 1.165) is 90.8 Å². The van der Waals surface area contributed by atoms with Gasteiger partial charge < -0.3 is 9.80 Å². The van der Waals surface area contributed by atoms with Crippen molar-refractivity contribution in [3.8, 4) is 22.5 Å². The number of halogens is 4. The Bertz CT molecular complexity index is 2970. The Morgan fingerprint density at radius 3 is 1.10 bits per heavy atom. The Labute approximate surface area is 350 Å². The summed E-state index contributed by atoms with van der Waals surface area (Å²) in [6, 6.07) is 40.6. The van der Waals surface area contributed by atoms with Gasteiger partial charge in [-0.05, 0) is 84.6 Å². The predicted octanol–water partition coefficient (Wildman–Crippen LogP) is 13.2. The smallest absolute Gasteiger partial charge is 0.135 e. The average Bonchev–Trinajstić information content (AvgIpc) is 3.26. The van der Waals surface area contributed by atoms with Gasteiger partial charge in [0.1, 0.15) is 23.3 Å². The fourth-order valence-electron chi connectivity index (χ4n) is 10.5. The molecule has 0 bridgehead atoms. The first-order chi connectivity index (χ1) is 29.7. The first-order valence-corrected chi connectivity index (χ1v) is 20.6. The monoisotopic (exact) mass is 804 g/mol. The van der Waals surface area contributed by atoms with E-state index in [4.69, 9.17) is 9.97 Å². The zero-order valence-corrected chi connectivity index (χ0v) is 33.3. The number of nitrogens with zero attached hydrogens (tertiary/aromatic N) is 4. The fourth-order valence-corrected chi connectivity index (χ4v) is 10.5. The highest BCUT2D eigenvalue weighted by Crippen LogP contribution is 2.58. The van der Waals surface area contributed by atoms with Crippen molar-refractivity contribution in [2.75, 3.05) is 9.80 Å². The van der Waals surface area contributed by atoms with Crippen LogP contribution in [-0.4, -0.2) is 9.97 Å². The summed E-state index contributed by atoms with van der Waals surface area (Å²) < 4.78 is 61.7. The number of aromatic nitrogens is 2. The predicted molar refractivity (Wildman–Crippen MR) is 232 cm³/mol. The molecule has 0 amide bonds. The molecule has 0 radical (unpaired) electrons. The van der Waals surface area contributed by atoms with E-state index in [1.807, 2.05) is 48.5 Å². The summed E-state index contributed by atoms with van der Waals surface area (Å²) in [4.78, 5) is 15.7. The third-order valence-corrected chi connectivity index (χ3v) is 13.1. The van der Waals surface area contributed by atoms with E-state index in [1.165, 1.54) is 24.3 Å². The van der Waals surface area contributed by atoms with Gasteiger partial charge >= 0.3 is 0 Å². The first kappa shape index (κ1) is 35.8. The summed E-state index contributed by atoms with van der Waals surface area (Å²) in [5.41, 5.74) is 15.8. The minimum Gasteiger partial charge on any atom is -0.309 e. The van der Waals surface area contributed by atoms with Crippen molar-refractivity contribution in [1.82, 2.24) is 9.97 Å². The van der Waals surface area contributed by atoms with Crippen LogP contribution in [0.3, 0.4) is 0 Å². The van der Waals surface area contributed by atoms with Crippen LogP contribution >= 0.6 is 0 Å². The van der Waals surface area contributed by atoms with Gasteiger partial charge in [0.25, 0.3) is 0 Å². The molecule has 4 aliphatic heterocycles. The van der Waals surface area contributed by atoms with Crippen LogP contribution in [0.5, 0.6) is 0 Å². The van der Waals surface area contributed by atoms with Gasteiger partial charge in [-0.25, -0.2) is 17.6 Å². The Hall–Kier alpha value is -7.06. The number of rotatable bonds is 4. The van der Waals surface area contributed by atoms with Crippen molar-refractivity contribution in [2.45, 2.75) is 44.9 Å². The van der Waals surface area contributed by atoms with Gasteiger partial charge in [0.05, 0.1) is 34.2 Å². The summed E-state index contributed by atoms with van der Waals surface area (Å²) in [7, 11) is 0. The Balaban J connectivity index is 1.19. The lowest BCUT2D eigenvalue weighted by atomic mass is 9.73. The van der Waals surface area contributed by atoms with Crippen LogP contribution in [0, 0.1) is 23.3 Å². The number of hydrogen-bond donors (Lipinski definition) is 0. The van der Waals surface area contributed by atoms with E-state index in [9.17, 15) is 8.78 Å². The Kier molecular flexibility index (Phi) is 7.62. The van der Waals surface area contributed by atoms with Crippen molar-refractivity contribution in [3.05, 3.63) is 213 Å². The van der Waals surface area contributed by atoms with Gasteiger partial charge in [-0.3, -0.25) is 9.97 Å². The number of benzene rings is 6. The maximum Gasteiger partial charge on any atom is 0.135 e. The molecule has 8 heteroatoms. The summed E-state index contributed by atoms with van der Waals surface area (Å²) >= 11 is 0. The zero-order valence-electron chi connectivity index (χ0n) is 33.3. The van der Waals surface area contributed by atoms with Gasteiger partial charge in [-0.1, -0.05) is 72.8 Å². The van der Waals surface area contributed by atoms with Crippen molar-refractivity contribution < 1.29 is 17.6 Å². The lowest BCUT2D eigenvalue weighted by Crippen LogP contribution is -2.34. The number of anilines is 6. The zero-order chi connectivity index (χ0) is 41.3. The molecule has 6 aromatic carbocycles. The molecular formula is C53H36F4N4. The first-order valence-electron chi connectivity index (χ1n) is 20.6. The molecule has 0 unspecified atom stereocenters. The van der Waals surface area contributed by atoms with Crippen LogP contribution in [0.15, 0.2) is 133 Å². The lowest BCUT2D eigenvalue weighted by molar-refractivity contribution is 0.574. The summed E-state index contributed by atoms with van der Waals surface area (Å²) in [5, 5.41) is 0. The van der Waals surface area contributed by atoms with Crippen LogP contribution in [0.25, 0.3) is 22.5 Å². The van der Waals surface area contributed by atoms with Gasteiger partial charge in [-0.2, -0.15) is 0 Å². The quantitative estimate of drug-likeness (QED) is 0.166. The summed E-state index contributed by atoms with van der Waals surface area (Å²) in [6.07, 6.45) is 2.10. The molecule has 0 spiro atoms. The lowest BCUT2D eigenvalue weighted by Gasteiger charge is -2.44. The molecule has 0 fully saturated rings. The van der Waals surface area contributed by atoms with Crippen LogP contribution in [0.4, 0.5) is 51.7 Å². The molecule has 8 aromatic rings. The van der Waals surface area contributed by atoms with Gasteiger partial charge in [-0.15, -0.1) is 0 Å². The average molecular weight is 805 g/mol. The highest BCUT2D eigenvalue weighted by Gasteiger charge is 2.44. The van der Waals surface area contributed by atoms with Gasteiger partial charge in [0, 0.05) is 99.4 Å². The van der Waals surface area contributed by atoms with E-state index < -0.39 is 28.7 Å². The van der Waals surface area contributed by atoms with E-state index >= 15 is 8.78 Å². The number of para-hydroxylation sites is 4. The summed E-state index contributed by atoms with van der Waals surface area (Å²) in [5.74, 6) is -2.73. The van der Waals surface area contributed by atoms with Crippen molar-refractivity contribution in [1.29, 1.82) is 0 Å². The minimum absolute atomic E-state index is 0.208. The van der Waals surface area contributed by atoms with E-state index in [2.05, 4.69) is 72.2 Å². The highest BCUT2D eigenvalue weighted by molar-refractivity contribution is 5.95. The van der Waals surface area contributed by atoms with Crippen LogP contribution in [0.1, 0.15) is 69.7 Å². The molecule has 0 N–H and O–H groups in total. The molecule has 0 aliphatic carbocycles. The maximum absolute atomic E-state index is 16.2. The summed E-state index contributed by atoms with van der Waals surface area (Å²) in [6.45, 7) is 4.20. The third kappa shape index (κ3) is 5.17. The molecule has 296 valence electrons. The molecule has 4 aliphatic rings. The van der Waals surface area contributed by atoms with Gasteiger partial charge in [0.2, 0.25) is 0 Å². The number of hydrogen-bond acceptors (Lipinski definition) is 4. The van der Waals surface area contributed by atoms with E-state index in [-0.39, 0.29) is 11.1 Å². The van der Waals surface area contributed by atoms with Gasteiger partial charge in [0.15, 0.2) is 0 Å². The largest absolute Gasteiger partial charge is 0.309 e. The molecule has 0 atom stereocenters. The number of pyridine rings is 2. The van der Waals surface area contributed by atoms with Crippen molar-refractivity contribution in [3.63, 3.8) is 0 Å². The molecule has 0 saturated carbocycles. The molecule has 61 heavy (non-hydrogen) atoms. The normalized spacial score (nSPS) is 14.1. The molecule has 12 rings (SSSR count). The third-order valence-electron chi connectivity index (χ3n) is 13.1. The van der Waals surface area contributed by atoms with E-state index in [0.29, 0.717) is 48.5 Å². The molecule has 0 saturated heterocycles. The molecular weight excluding hydrogens is 769 g/mol. The van der Waals surface area contributed by atoms with E-state index in [1.54, 1.807) is 0 Å². The fraction of sp³-hybridized carbons (Fsp3) is 0.132. The van der Waals surface area contributed by atoms with Crippen LogP contribution in [-0.2, 0) is 31.1 Å². The second-order valence-corrected chi connectivity index (χ2v) is 17.0. The molecule has 2 aromatic heterocycles. The minimum atomic E-state index is -0.991. The number of fused-ring (bicyclic) bond motifs is 8. The second-order valence-electron chi connectivity index (χ2n) is 17.0. The van der Waals surface area contributed by atoms with Crippen molar-refractivity contribution in [2.24, 2.45) is 0 Å². The second kappa shape index (κ2) is 13.0. The van der Waals surface area contributed by atoms with Crippen molar-refractivity contribution >= 4 is 34.1 Å². The highest BCUT2D eigenvalue weighted by atomic mass is 19.1.